The molecule has 0 spiro atoms. The van der Waals surface area contributed by atoms with Crippen LogP contribution in [0.1, 0.15) is 26.7 Å². The Hall–Kier alpha value is -1.33. The highest BCUT2D eigenvalue weighted by Gasteiger charge is 2.37. The van der Waals surface area contributed by atoms with Crippen LogP contribution in [0, 0.1) is 11.2 Å². The van der Waals surface area contributed by atoms with E-state index in [-0.39, 0.29) is 29.5 Å². The molecule has 0 saturated carbocycles. The molecule has 0 aliphatic carbocycles. The lowest BCUT2D eigenvalue weighted by Gasteiger charge is -2.26. The Bertz CT molecular complexity index is 515. The molecule has 1 aliphatic rings. The number of nitrogens with zero attached hydrogens (tertiary/aromatic N) is 1. The fraction of sp³-hybridized carbons (Fsp3) is 0.562. The SMILES string of the molecule is CCC(Oc1ccccc1F)C(=O)N1CCC(C)(CN)C1.Cl. The number of hydrogen-bond acceptors (Lipinski definition) is 3. The third kappa shape index (κ3) is 4.11. The maximum Gasteiger partial charge on any atom is 0.263 e. The summed E-state index contributed by atoms with van der Waals surface area (Å²) in [4.78, 5) is 14.3. The van der Waals surface area contributed by atoms with Crippen LogP contribution in [-0.4, -0.2) is 36.5 Å². The van der Waals surface area contributed by atoms with Crippen LogP contribution in [-0.2, 0) is 4.79 Å². The van der Waals surface area contributed by atoms with Crippen molar-refractivity contribution in [3.63, 3.8) is 0 Å². The van der Waals surface area contributed by atoms with Crippen molar-refractivity contribution >= 4 is 18.3 Å². The number of carbonyl (C=O) groups excluding carboxylic acids is 1. The monoisotopic (exact) mass is 330 g/mol. The van der Waals surface area contributed by atoms with Gasteiger partial charge in [0, 0.05) is 13.1 Å². The number of amides is 1. The number of hydrogen-bond donors (Lipinski definition) is 1. The predicted octanol–water partition coefficient (Wildman–Crippen LogP) is 2.60. The number of nitrogens with two attached hydrogens (primary N) is 1. The van der Waals surface area contributed by atoms with Crippen LogP contribution in [0.3, 0.4) is 0 Å². The second-order valence-corrected chi connectivity index (χ2v) is 5.97. The molecular weight excluding hydrogens is 307 g/mol. The highest BCUT2D eigenvalue weighted by atomic mass is 35.5. The second-order valence-electron chi connectivity index (χ2n) is 5.97. The number of benzene rings is 1. The molecule has 2 rings (SSSR count). The molecule has 4 nitrogen and oxygen atoms in total. The molecule has 1 saturated heterocycles. The van der Waals surface area contributed by atoms with Crippen molar-refractivity contribution < 1.29 is 13.9 Å². The number of ether oxygens (including phenoxy) is 1. The first-order valence-electron chi connectivity index (χ1n) is 7.39. The molecule has 2 N–H and O–H groups in total. The van der Waals surface area contributed by atoms with Gasteiger partial charge in [-0.2, -0.15) is 0 Å². The summed E-state index contributed by atoms with van der Waals surface area (Å²) in [7, 11) is 0. The van der Waals surface area contributed by atoms with Crippen LogP contribution in [0.25, 0.3) is 0 Å². The van der Waals surface area contributed by atoms with Crippen molar-refractivity contribution in [2.75, 3.05) is 19.6 Å². The summed E-state index contributed by atoms with van der Waals surface area (Å²) >= 11 is 0. The van der Waals surface area contributed by atoms with Crippen molar-refractivity contribution in [1.82, 2.24) is 4.90 Å². The molecule has 1 aromatic carbocycles. The van der Waals surface area contributed by atoms with E-state index in [1.165, 1.54) is 6.07 Å². The molecule has 1 heterocycles. The maximum absolute atomic E-state index is 13.6. The fourth-order valence-corrected chi connectivity index (χ4v) is 2.58. The lowest BCUT2D eigenvalue weighted by Crippen LogP contribution is -2.42. The molecule has 22 heavy (non-hydrogen) atoms. The van der Waals surface area contributed by atoms with Gasteiger partial charge in [0.2, 0.25) is 0 Å². The average Bonchev–Trinajstić information content (AvgIpc) is 2.89. The van der Waals surface area contributed by atoms with Gasteiger partial charge < -0.3 is 15.4 Å². The van der Waals surface area contributed by atoms with Gasteiger partial charge in [-0.05, 0) is 36.9 Å². The van der Waals surface area contributed by atoms with Crippen molar-refractivity contribution in [2.45, 2.75) is 32.8 Å². The van der Waals surface area contributed by atoms with Crippen LogP contribution in [0.4, 0.5) is 4.39 Å². The summed E-state index contributed by atoms with van der Waals surface area (Å²) in [6.07, 6.45) is 0.746. The second kappa shape index (κ2) is 7.79. The minimum Gasteiger partial charge on any atom is -0.478 e. The molecule has 1 amide bonds. The van der Waals surface area contributed by atoms with Gasteiger partial charge in [0.15, 0.2) is 17.7 Å². The highest BCUT2D eigenvalue weighted by molar-refractivity contribution is 5.85. The normalized spacial score (nSPS) is 22.1. The Balaban J connectivity index is 0.00000242. The summed E-state index contributed by atoms with van der Waals surface area (Å²) in [6.45, 7) is 5.82. The van der Waals surface area contributed by atoms with E-state index >= 15 is 0 Å². The van der Waals surface area contributed by atoms with Crippen LogP contribution >= 0.6 is 12.4 Å². The minimum atomic E-state index is -0.651. The number of carbonyl (C=O) groups is 1. The highest BCUT2D eigenvalue weighted by Crippen LogP contribution is 2.29. The van der Waals surface area contributed by atoms with Gasteiger partial charge in [-0.25, -0.2) is 4.39 Å². The van der Waals surface area contributed by atoms with Crippen molar-refractivity contribution in [3.05, 3.63) is 30.1 Å². The molecular formula is C16H24ClFN2O2. The third-order valence-corrected chi connectivity index (χ3v) is 4.11. The molecule has 2 atom stereocenters. The van der Waals surface area contributed by atoms with E-state index in [0.29, 0.717) is 26.1 Å². The van der Waals surface area contributed by atoms with Gasteiger partial charge in [-0.3, -0.25) is 4.79 Å². The summed E-state index contributed by atoms with van der Waals surface area (Å²) in [6, 6.07) is 6.15. The summed E-state index contributed by atoms with van der Waals surface area (Å²) in [5.41, 5.74) is 5.74. The van der Waals surface area contributed by atoms with Crippen molar-refractivity contribution in [3.8, 4) is 5.75 Å². The largest absolute Gasteiger partial charge is 0.478 e. The average molecular weight is 331 g/mol. The lowest BCUT2D eigenvalue weighted by molar-refractivity contribution is -0.138. The van der Waals surface area contributed by atoms with Gasteiger partial charge in [-0.1, -0.05) is 26.0 Å². The fourth-order valence-electron chi connectivity index (χ4n) is 2.58. The number of para-hydroxylation sites is 1. The predicted molar refractivity (Wildman–Crippen MR) is 86.7 cm³/mol. The molecule has 1 aliphatic heterocycles. The van der Waals surface area contributed by atoms with Crippen molar-refractivity contribution in [2.24, 2.45) is 11.1 Å². The van der Waals surface area contributed by atoms with Crippen LogP contribution in [0.2, 0.25) is 0 Å². The molecule has 2 unspecified atom stereocenters. The number of halogens is 2. The Morgan fingerprint density at radius 1 is 1.50 bits per heavy atom. The quantitative estimate of drug-likeness (QED) is 0.903. The van der Waals surface area contributed by atoms with Gasteiger partial charge in [0.1, 0.15) is 0 Å². The van der Waals surface area contributed by atoms with E-state index < -0.39 is 11.9 Å². The molecule has 0 bridgehead atoms. The third-order valence-electron chi connectivity index (χ3n) is 4.11. The summed E-state index contributed by atoms with van der Waals surface area (Å²) in [5, 5.41) is 0. The topological polar surface area (TPSA) is 55.6 Å². The van der Waals surface area contributed by atoms with Gasteiger partial charge in [0.05, 0.1) is 0 Å². The number of likely N-dealkylation sites (tertiary alicyclic amines) is 1. The standard InChI is InChI=1S/C16H23FN2O2.ClH/c1-3-13(21-14-7-5-4-6-12(14)17)15(20)19-9-8-16(2,10-18)11-19;/h4-7,13H,3,8-11,18H2,1-2H3;1H. The number of rotatable bonds is 5. The maximum atomic E-state index is 13.6. The summed E-state index contributed by atoms with van der Waals surface area (Å²) in [5.74, 6) is -0.409. The Morgan fingerprint density at radius 3 is 2.73 bits per heavy atom. The zero-order valence-electron chi connectivity index (χ0n) is 13.0. The lowest BCUT2D eigenvalue weighted by atomic mass is 9.90. The zero-order valence-corrected chi connectivity index (χ0v) is 13.9. The zero-order chi connectivity index (χ0) is 15.5. The van der Waals surface area contributed by atoms with E-state index in [0.717, 1.165) is 6.42 Å². The first-order chi connectivity index (χ1) is 9.99. The Kier molecular flexibility index (Phi) is 6.63. The Labute approximate surface area is 137 Å². The van der Waals surface area contributed by atoms with E-state index in [2.05, 4.69) is 6.92 Å². The van der Waals surface area contributed by atoms with Gasteiger partial charge >= 0.3 is 0 Å². The van der Waals surface area contributed by atoms with E-state index in [1.807, 2.05) is 6.92 Å². The molecule has 6 heteroatoms. The van der Waals surface area contributed by atoms with E-state index in [1.54, 1.807) is 23.1 Å². The van der Waals surface area contributed by atoms with Crippen LogP contribution in [0.15, 0.2) is 24.3 Å². The molecule has 1 fully saturated rings. The van der Waals surface area contributed by atoms with E-state index in [9.17, 15) is 9.18 Å². The minimum absolute atomic E-state index is 0. The van der Waals surface area contributed by atoms with Gasteiger partial charge in [0.25, 0.3) is 5.91 Å². The van der Waals surface area contributed by atoms with Gasteiger partial charge in [-0.15, -0.1) is 12.4 Å². The first kappa shape index (κ1) is 18.7. The molecule has 124 valence electrons. The molecule has 1 aromatic rings. The summed E-state index contributed by atoms with van der Waals surface area (Å²) < 4.78 is 19.2. The van der Waals surface area contributed by atoms with Crippen LogP contribution < -0.4 is 10.5 Å². The van der Waals surface area contributed by atoms with E-state index in [4.69, 9.17) is 10.5 Å². The molecule has 0 aromatic heterocycles. The first-order valence-corrected chi connectivity index (χ1v) is 7.39. The van der Waals surface area contributed by atoms with Crippen LogP contribution in [0.5, 0.6) is 5.75 Å². The smallest absolute Gasteiger partial charge is 0.263 e. The molecule has 0 radical (unpaired) electrons. The van der Waals surface area contributed by atoms with Crippen molar-refractivity contribution in [1.29, 1.82) is 0 Å². The Morgan fingerprint density at radius 2 is 2.18 bits per heavy atom.